The van der Waals surface area contributed by atoms with Gasteiger partial charge in [0, 0.05) is 5.56 Å². The Bertz CT molecular complexity index is 1080. The molecule has 1 fully saturated rings. The van der Waals surface area contributed by atoms with Crippen molar-refractivity contribution in [2.45, 2.75) is 12.8 Å². The van der Waals surface area contributed by atoms with Crippen LogP contribution in [0, 0.1) is 5.92 Å². The quantitative estimate of drug-likeness (QED) is 0.566. The molecule has 5 rings (SSSR count). The Morgan fingerprint density at radius 1 is 1.19 bits per heavy atom. The van der Waals surface area contributed by atoms with Crippen molar-refractivity contribution < 1.29 is 9.47 Å². The van der Waals surface area contributed by atoms with Crippen LogP contribution in [0.2, 0.25) is 0 Å². The van der Waals surface area contributed by atoms with Gasteiger partial charge < -0.3 is 14.5 Å². The van der Waals surface area contributed by atoms with E-state index in [9.17, 15) is 0 Å². The van der Waals surface area contributed by atoms with Crippen LogP contribution in [0.25, 0.3) is 28.1 Å². The molecule has 0 bridgehead atoms. The molecule has 0 saturated heterocycles. The molecular weight excluding hydrogens is 344 g/mol. The molecule has 1 saturated carbocycles. The highest BCUT2D eigenvalue weighted by Crippen LogP contribution is 2.35. The lowest BCUT2D eigenvalue weighted by Gasteiger charge is -2.11. The van der Waals surface area contributed by atoms with Crippen LogP contribution in [0.4, 0.5) is 0 Å². The number of hydrogen-bond donors (Lipinski definition) is 1. The minimum absolute atomic E-state index is 0.680. The van der Waals surface area contributed by atoms with Gasteiger partial charge in [-0.05, 0) is 55.2 Å². The first-order chi connectivity index (χ1) is 13.3. The maximum atomic E-state index is 5.97. The van der Waals surface area contributed by atoms with Crippen molar-refractivity contribution in [1.82, 2.24) is 24.7 Å². The first-order valence-corrected chi connectivity index (χ1v) is 8.96. The third-order valence-corrected chi connectivity index (χ3v) is 4.76. The molecule has 0 aliphatic heterocycles. The van der Waals surface area contributed by atoms with Crippen molar-refractivity contribution in [2.75, 3.05) is 13.7 Å². The fourth-order valence-electron chi connectivity index (χ4n) is 3.05. The van der Waals surface area contributed by atoms with Crippen molar-refractivity contribution >= 4 is 11.0 Å². The molecule has 0 unspecified atom stereocenters. The molecule has 0 spiro atoms. The Balaban J connectivity index is 1.49. The summed E-state index contributed by atoms with van der Waals surface area (Å²) in [6.45, 7) is 0.737. The third-order valence-electron chi connectivity index (χ3n) is 4.76. The van der Waals surface area contributed by atoms with Gasteiger partial charge in [-0.15, -0.1) is 0 Å². The number of benzene rings is 2. The summed E-state index contributed by atoms with van der Waals surface area (Å²) in [5, 5.41) is 4.17. The summed E-state index contributed by atoms with van der Waals surface area (Å²) in [7, 11) is 1.66. The SMILES string of the molecule is COc1ccc(-c2nc3ccc(-n4[14cH]ncn4)cc3[nH]2)cc1OCC1CC1. The second-order valence-corrected chi connectivity index (χ2v) is 6.75. The number of methoxy groups -OCH3 is 1. The zero-order chi connectivity index (χ0) is 18.2. The molecule has 2 heterocycles. The molecule has 1 aliphatic rings. The number of aromatic nitrogens is 5. The maximum absolute atomic E-state index is 5.97. The summed E-state index contributed by atoms with van der Waals surface area (Å²) in [5.74, 6) is 2.97. The van der Waals surface area contributed by atoms with Crippen LogP contribution >= 0.6 is 0 Å². The van der Waals surface area contributed by atoms with E-state index in [2.05, 4.69) is 15.1 Å². The van der Waals surface area contributed by atoms with E-state index in [-0.39, 0.29) is 0 Å². The molecule has 1 aliphatic carbocycles. The number of imidazole rings is 1. The van der Waals surface area contributed by atoms with E-state index in [1.807, 2.05) is 36.4 Å². The Kier molecular flexibility index (Phi) is 3.78. The van der Waals surface area contributed by atoms with Gasteiger partial charge in [0.25, 0.3) is 0 Å². The molecule has 0 amide bonds. The number of aromatic amines is 1. The molecule has 1 N–H and O–H groups in total. The van der Waals surface area contributed by atoms with Crippen LogP contribution in [0.1, 0.15) is 12.8 Å². The maximum Gasteiger partial charge on any atom is 0.161 e. The number of nitrogens with zero attached hydrogens (tertiary/aromatic N) is 4. The lowest BCUT2D eigenvalue weighted by molar-refractivity contribution is 0.280. The number of hydrogen-bond acceptors (Lipinski definition) is 5. The topological polar surface area (TPSA) is 77.9 Å². The smallest absolute Gasteiger partial charge is 0.161 e. The van der Waals surface area contributed by atoms with Gasteiger partial charge in [-0.1, -0.05) is 0 Å². The largest absolute Gasteiger partial charge is 0.493 e. The zero-order valence-corrected chi connectivity index (χ0v) is 14.9. The highest BCUT2D eigenvalue weighted by molar-refractivity contribution is 5.81. The number of H-pyrrole nitrogens is 1. The minimum atomic E-state index is 0.680. The van der Waals surface area contributed by atoms with Gasteiger partial charge in [0.15, 0.2) is 11.5 Å². The van der Waals surface area contributed by atoms with Crippen molar-refractivity contribution in [3.63, 3.8) is 0 Å². The highest BCUT2D eigenvalue weighted by atomic mass is 16.5. The van der Waals surface area contributed by atoms with Crippen molar-refractivity contribution in [1.29, 1.82) is 0 Å². The van der Waals surface area contributed by atoms with Crippen LogP contribution in [0.15, 0.2) is 49.1 Å². The second kappa shape index (κ2) is 6.42. The van der Waals surface area contributed by atoms with Gasteiger partial charge in [-0.2, -0.15) is 5.10 Å². The molecule has 27 heavy (non-hydrogen) atoms. The lowest BCUT2D eigenvalue weighted by Crippen LogP contribution is -2.01. The van der Waals surface area contributed by atoms with Gasteiger partial charge in [0.05, 0.1) is 30.4 Å². The lowest BCUT2D eigenvalue weighted by atomic mass is 10.2. The molecule has 4 aromatic rings. The van der Waals surface area contributed by atoms with E-state index < -0.39 is 0 Å². The van der Waals surface area contributed by atoms with E-state index in [1.54, 1.807) is 18.1 Å². The van der Waals surface area contributed by atoms with E-state index in [0.29, 0.717) is 5.92 Å². The van der Waals surface area contributed by atoms with Gasteiger partial charge in [0.1, 0.15) is 18.5 Å². The second-order valence-electron chi connectivity index (χ2n) is 6.75. The predicted octanol–water partition coefficient (Wildman–Crippen LogP) is 3.61. The van der Waals surface area contributed by atoms with Crippen LogP contribution in [-0.4, -0.2) is 38.4 Å². The molecule has 2 aromatic carbocycles. The molecule has 0 atom stereocenters. The van der Waals surface area contributed by atoms with E-state index in [1.165, 1.54) is 19.2 Å². The third kappa shape index (κ3) is 3.12. The number of fused-ring (bicyclic) bond motifs is 1. The molecule has 136 valence electrons. The molecular formula is C20H19N5O2. The number of ether oxygens (including phenoxy) is 2. The molecule has 2 aromatic heterocycles. The highest BCUT2D eigenvalue weighted by Gasteiger charge is 2.22. The summed E-state index contributed by atoms with van der Waals surface area (Å²) in [4.78, 5) is 12.1. The monoisotopic (exact) mass is 363 g/mol. The summed E-state index contributed by atoms with van der Waals surface area (Å²) >= 11 is 0. The molecule has 0 radical (unpaired) electrons. The fourth-order valence-corrected chi connectivity index (χ4v) is 3.05. The first-order valence-electron chi connectivity index (χ1n) is 8.96. The summed E-state index contributed by atoms with van der Waals surface area (Å²) in [6.07, 6.45) is 5.69. The van der Waals surface area contributed by atoms with Crippen molar-refractivity contribution in [3.05, 3.63) is 49.1 Å². The van der Waals surface area contributed by atoms with E-state index >= 15 is 0 Å². The van der Waals surface area contributed by atoms with E-state index in [0.717, 1.165) is 46.2 Å². The fraction of sp³-hybridized carbons (Fsp3) is 0.250. The Labute approximate surface area is 156 Å². The van der Waals surface area contributed by atoms with Crippen molar-refractivity contribution in [2.24, 2.45) is 5.92 Å². The molecule has 7 nitrogen and oxygen atoms in total. The van der Waals surface area contributed by atoms with Crippen LogP contribution < -0.4 is 9.47 Å². The summed E-state index contributed by atoms with van der Waals surface area (Å²) in [5.41, 5.74) is 3.72. The number of nitrogens with one attached hydrogen (secondary N) is 1. The van der Waals surface area contributed by atoms with E-state index in [4.69, 9.17) is 14.5 Å². The van der Waals surface area contributed by atoms with Gasteiger partial charge in [-0.3, -0.25) is 0 Å². The average molecular weight is 363 g/mol. The summed E-state index contributed by atoms with van der Waals surface area (Å²) < 4.78 is 13.1. The molecule has 7 heteroatoms. The predicted molar refractivity (Wildman–Crippen MR) is 101 cm³/mol. The van der Waals surface area contributed by atoms with Gasteiger partial charge in [0.2, 0.25) is 0 Å². The standard InChI is InChI=1S/C20H19N5O2/c1-26-18-7-4-14(8-19(18)27-10-13-2-3-13)20-23-16-6-5-15(9-17(16)24-20)25-12-21-11-22-25/h4-9,11-13H,2-3,10H2,1H3,(H,23,24)/i12+2. The zero-order valence-electron chi connectivity index (χ0n) is 14.9. The van der Waals surface area contributed by atoms with Crippen molar-refractivity contribution in [3.8, 4) is 28.6 Å². The Morgan fingerprint density at radius 2 is 2.11 bits per heavy atom. The normalized spacial score (nSPS) is 13.8. The Morgan fingerprint density at radius 3 is 2.89 bits per heavy atom. The van der Waals surface area contributed by atoms with Gasteiger partial charge >= 0.3 is 0 Å². The average Bonchev–Trinajstić information content (AvgIpc) is 3.19. The van der Waals surface area contributed by atoms with Crippen LogP contribution in [-0.2, 0) is 0 Å². The number of rotatable bonds is 6. The van der Waals surface area contributed by atoms with Crippen LogP contribution in [0.5, 0.6) is 11.5 Å². The first kappa shape index (κ1) is 15.9. The van der Waals surface area contributed by atoms with Crippen LogP contribution in [0.3, 0.4) is 0 Å². The van der Waals surface area contributed by atoms with Gasteiger partial charge in [-0.25, -0.2) is 14.6 Å². The minimum Gasteiger partial charge on any atom is -0.493 e. The Hall–Kier alpha value is -3.35. The summed E-state index contributed by atoms with van der Waals surface area (Å²) in [6, 6.07) is 11.8.